The third-order valence-electron chi connectivity index (χ3n) is 7.80. The zero-order valence-electron chi connectivity index (χ0n) is 29.9. The number of ketones is 1. The first-order valence-corrected chi connectivity index (χ1v) is 16.7. The number of unbranched alkanes of at least 4 members (excludes halogenated alkanes) is 2. The molecule has 0 bridgehead atoms. The topological polar surface area (TPSA) is 203 Å². The highest BCUT2D eigenvalue weighted by Crippen LogP contribution is 2.26. The summed E-state index contributed by atoms with van der Waals surface area (Å²) in [6.07, 6.45) is -4.95. The van der Waals surface area contributed by atoms with E-state index in [9.17, 15) is 49.1 Å². The van der Waals surface area contributed by atoms with Gasteiger partial charge in [0.1, 0.15) is 11.6 Å². The number of fused-ring (bicyclic) bond motifs is 1. The molecule has 1 atom stereocenters. The number of hydrogen-bond donors (Lipinski definition) is 5. The number of pyridine rings is 1. The number of aromatic nitrogens is 3. The fraction of sp³-hybridized carbons (Fsp3) is 0.500. The molecule has 0 spiro atoms. The standard InChI is InChI=1S/C28H37N5O2.3C2HF3O2/c1-3-23(34)10-5-4-6-12-25(32-28(35)20-13-15-33(2)16-14-20)27-30-19-26(31-27)22-17-21-9-7-8-11-24(21)29-18-22;3*3-2(4,5)1(6)7/h7-9,11,17-20,25H,3-6,10,12-16H2,1-2H3,(H,30,31)(H,32,35);3*(H,6,7)/t25-;;;/m0.../s1. The molecule has 22 heteroatoms. The molecule has 0 aliphatic carbocycles. The second kappa shape index (κ2) is 22.3. The van der Waals surface area contributed by atoms with Crippen LogP contribution in [0.5, 0.6) is 0 Å². The monoisotopic (exact) mass is 817 g/mol. The molecular weight excluding hydrogens is 777 g/mol. The number of para-hydroxylation sites is 1. The number of benzene rings is 1. The van der Waals surface area contributed by atoms with Crippen LogP contribution < -0.4 is 5.32 Å². The average molecular weight is 818 g/mol. The molecule has 3 heterocycles. The molecule has 0 unspecified atom stereocenters. The van der Waals surface area contributed by atoms with E-state index in [1.165, 1.54) is 0 Å². The van der Waals surface area contributed by atoms with Crippen LogP contribution >= 0.6 is 0 Å². The number of likely N-dealkylation sites (tertiary alicyclic amines) is 1. The van der Waals surface area contributed by atoms with E-state index >= 15 is 0 Å². The highest BCUT2D eigenvalue weighted by Gasteiger charge is 2.39. The quantitative estimate of drug-likeness (QED) is 0.0990. The molecule has 3 aromatic rings. The summed E-state index contributed by atoms with van der Waals surface area (Å²) in [5, 5.41) is 25.7. The minimum Gasteiger partial charge on any atom is -0.475 e. The SMILES string of the molecule is CCC(=O)CCCCC[C@H](NC(=O)C1CCN(C)CC1)c1ncc(-c2cnc3ccccc3c2)[nH]1.O=C(O)C(F)(F)F.O=C(O)C(F)(F)F.O=C(O)C(F)(F)F. The number of hydrogen-bond acceptors (Lipinski definition) is 8. The largest absolute Gasteiger partial charge is 0.490 e. The molecule has 13 nitrogen and oxygen atoms in total. The summed E-state index contributed by atoms with van der Waals surface area (Å²) in [6, 6.07) is 9.98. The summed E-state index contributed by atoms with van der Waals surface area (Å²) >= 11 is 0. The van der Waals surface area contributed by atoms with Crippen LogP contribution in [-0.4, -0.2) is 103 Å². The van der Waals surface area contributed by atoms with Gasteiger partial charge in [-0.3, -0.25) is 14.6 Å². The molecule has 312 valence electrons. The number of nitrogens with zero attached hydrogens (tertiary/aromatic N) is 3. The summed E-state index contributed by atoms with van der Waals surface area (Å²) in [5.74, 6) is -7.01. The van der Waals surface area contributed by atoms with Gasteiger partial charge >= 0.3 is 36.4 Å². The number of imidazole rings is 1. The number of H-pyrrole nitrogens is 1. The maximum absolute atomic E-state index is 13.1. The number of alkyl halides is 9. The molecule has 1 aliphatic heterocycles. The van der Waals surface area contributed by atoms with Gasteiger partial charge in [0.25, 0.3) is 0 Å². The minimum atomic E-state index is -5.08. The Kier molecular flexibility index (Phi) is 19.4. The highest BCUT2D eigenvalue weighted by atomic mass is 19.4. The van der Waals surface area contributed by atoms with Gasteiger partial charge in [-0.2, -0.15) is 39.5 Å². The third kappa shape index (κ3) is 18.4. The summed E-state index contributed by atoms with van der Waals surface area (Å²) in [6.45, 7) is 3.82. The Bertz CT molecular complexity index is 1680. The van der Waals surface area contributed by atoms with Crippen LogP contribution in [-0.2, 0) is 24.0 Å². The van der Waals surface area contributed by atoms with E-state index in [0.29, 0.717) is 18.6 Å². The Balaban J connectivity index is 0.000000610. The number of aliphatic carboxylic acids is 3. The van der Waals surface area contributed by atoms with Crippen LogP contribution in [0.25, 0.3) is 22.2 Å². The molecule has 2 aromatic heterocycles. The number of Topliss-reactive ketones (excluding diaryl/α,β-unsaturated/α-hetero) is 1. The number of aromatic amines is 1. The lowest BCUT2D eigenvalue weighted by Crippen LogP contribution is -2.40. The second-order valence-corrected chi connectivity index (χ2v) is 12.1. The fourth-order valence-corrected chi connectivity index (χ4v) is 4.74. The number of carboxylic acids is 3. The summed E-state index contributed by atoms with van der Waals surface area (Å²) < 4.78 is 95.2. The van der Waals surface area contributed by atoms with Crippen molar-refractivity contribution in [3.63, 3.8) is 0 Å². The highest BCUT2D eigenvalue weighted by molar-refractivity contribution is 5.83. The van der Waals surface area contributed by atoms with Gasteiger partial charge in [0.05, 0.1) is 23.4 Å². The zero-order chi connectivity index (χ0) is 42.9. The number of carboxylic acid groups (broad SMARTS) is 3. The van der Waals surface area contributed by atoms with Crippen LogP contribution in [0.2, 0.25) is 0 Å². The molecule has 0 saturated carbocycles. The van der Waals surface area contributed by atoms with E-state index in [1.807, 2.05) is 37.5 Å². The number of nitrogens with one attached hydrogen (secondary N) is 2. The van der Waals surface area contributed by atoms with Gasteiger partial charge < -0.3 is 30.5 Å². The van der Waals surface area contributed by atoms with Crippen molar-refractivity contribution >= 4 is 40.5 Å². The molecular formula is C34H40F9N5O8. The number of carbonyl (C=O) groups excluding carboxylic acids is 2. The minimum absolute atomic E-state index is 0.0509. The van der Waals surface area contributed by atoms with Crippen molar-refractivity contribution in [3.8, 4) is 11.3 Å². The normalized spacial score (nSPS) is 14.1. The molecule has 56 heavy (non-hydrogen) atoms. The summed E-state index contributed by atoms with van der Waals surface area (Å²) in [4.78, 5) is 66.4. The molecule has 1 amide bonds. The number of halogens is 9. The number of amides is 1. The first-order chi connectivity index (χ1) is 25.9. The lowest BCUT2D eigenvalue weighted by atomic mass is 9.95. The molecule has 1 aliphatic rings. The van der Waals surface area contributed by atoms with Crippen LogP contribution in [0.3, 0.4) is 0 Å². The number of rotatable bonds is 11. The zero-order valence-corrected chi connectivity index (χ0v) is 29.9. The Morgan fingerprint density at radius 2 is 1.34 bits per heavy atom. The lowest BCUT2D eigenvalue weighted by Gasteiger charge is -2.29. The third-order valence-corrected chi connectivity index (χ3v) is 7.80. The van der Waals surface area contributed by atoms with Gasteiger partial charge in [-0.15, -0.1) is 0 Å². The van der Waals surface area contributed by atoms with Crippen LogP contribution in [0.1, 0.15) is 70.2 Å². The molecule has 5 N–H and O–H groups in total. The van der Waals surface area contributed by atoms with E-state index < -0.39 is 36.4 Å². The van der Waals surface area contributed by atoms with E-state index in [0.717, 1.165) is 79.6 Å². The number of piperidine rings is 1. The predicted octanol–water partition coefficient (Wildman–Crippen LogP) is 6.95. The van der Waals surface area contributed by atoms with Crippen molar-refractivity contribution in [2.45, 2.75) is 82.9 Å². The fourth-order valence-electron chi connectivity index (χ4n) is 4.74. The second-order valence-electron chi connectivity index (χ2n) is 12.1. The van der Waals surface area contributed by atoms with Gasteiger partial charge in [0, 0.05) is 35.9 Å². The van der Waals surface area contributed by atoms with Crippen LogP contribution in [0.4, 0.5) is 39.5 Å². The van der Waals surface area contributed by atoms with Crippen molar-refractivity contribution in [2.75, 3.05) is 20.1 Å². The van der Waals surface area contributed by atoms with Gasteiger partial charge in [-0.05, 0) is 58.0 Å². The summed E-state index contributed by atoms with van der Waals surface area (Å²) in [7, 11) is 2.10. The van der Waals surface area contributed by atoms with E-state index in [2.05, 4.69) is 44.3 Å². The summed E-state index contributed by atoms with van der Waals surface area (Å²) in [5.41, 5.74) is 2.83. The number of carbonyl (C=O) groups is 5. The Morgan fingerprint density at radius 1 is 0.821 bits per heavy atom. The Hall–Kier alpha value is -5.28. The maximum atomic E-state index is 13.1. The van der Waals surface area contributed by atoms with Crippen molar-refractivity contribution in [1.82, 2.24) is 25.2 Å². The van der Waals surface area contributed by atoms with Gasteiger partial charge in [0.2, 0.25) is 5.91 Å². The van der Waals surface area contributed by atoms with E-state index in [4.69, 9.17) is 29.7 Å². The van der Waals surface area contributed by atoms with Crippen LogP contribution in [0, 0.1) is 5.92 Å². The maximum Gasteiger partial charge on any atom is 0.490 e. The van der Waals surface area contributed by atoms with Crippen molar-refractivity contribution in [1.29, 1.82) is 0 Å². The van der Waals surface area contributed by atoms with E-state index in [1.54, 1.807) is 0 Å². The molecule has 0 radical (unpaired) electrons. The van der Waals surface area contributed by atoms with Gasteiger partial charge in [0.15, 0.2) is 0 Å². The Labute approximate surface area is 313 Å². The first-order valence-electron chi connectivity index (χ1n) is 16.7. The van der Waals surface area contributed by atoms with Crippen LogP contribution in [0.15, 0.2) is 42.7 Å². The van der Waals surface area contributed by atoms with Crippen molar-refractivity contribution in [3.05, 3.63) is 48.5 Å². The molecule has 1 saturated heterocycles. The molecule has 4 rings (SSSR count). The van der Waals surface area contributed by atoms with Gasteiger partial charge in [-0.25, -0.2) is 19.4 Å². The smallest absolute Gasteiger partial charge is 0.475 e. The lowest BCUT2D eigenvalue weighted by molar-refractivity contribution is -0.193. The van der Waals surface area contributed by atoms with Gasteiger partial charge in [-0.1, -0.05) is 38.0 Å². The predicted molar refractivity (Wildman–Crippen MR) is 180 cm³/mol. The molecule has 1 fully saturated rings. The van der Waals surface area contributed by atoms with E-state index in [-0.39, 0.29) is 17.9 Å². The Morgan fingerprint density at radius 3 is 1.84 bits per heavy atom. The van der Waals surface area contributed by atoms with Crippen molar-refractivity contribution in [2.24, 2.45) is 5.92 Å². The average Bonchev–Trinajstić information content (AvgIpc) is 3.61. The molecule has 1 aromatic carbocycles. The van der Waals surface area contributed by atoms with Crippen molar-refractivity contribution < 1.29 is 78.8 Å². The first kappa shape index (κ1) is 48.7.